The number of anilines is 1. The lowest BCUT2D eigenvalue weighted by Gasteiger charge is -2.59. The molecule has 1 atom stereocenters. The summed E-state index contributed by atoms with van der Waals surface area (Å²) in [6.07, 6.45) is 4.52. The molecular weight excluding hydrogens is 391 g/mol. The highest BCUT2D eigenvalue weighted by molar-refractivity contribution is 6.06. The van der Waals surface area contributed by atoms with Gasteiger partial charge in [-0.15, -0.1) is 0 Å². The molecule has 1 aromatic rings. The highest BCUT2D eigenvalue weighted by Gasteiger charge is 2.53. The van der Waals surface area contributed by atoms with E-state index in [0.717, 1.165) is 29.9 Å². The number of hydrogen-bond donors (Lipinski definition) is 2. The molecule has 0 saturated heterocycles. The number of nitrogens with zero attached hydrogens (tertiary/aromatic N) is 1. The molecule has 0 spiro atoms. The van der Waals surface area contributed by atoms with Crippen molar-refractivity contribution in [2.24, 2.45) is 23.2 Å². The average Bonchev–Trinajstić information content (AvgIpc) is 2.66. The predicted molar refractivity (Wildman–Crippen MR) is 107 cm³/mol. The molecule has 0 radical (unpaired) electrons. The summed E-state index contributed by atoms with van der Waals surface area (Å²) < 4.78 is 38.6. The third-order valence-corrected chi connectivity index (χ3v) is 7.29. The number of carbonyl (C=O) groups excluding carboxylic acids is 1. The van der Waals surface area contributed by atoms with E-state index in [1.807, 2.05) is 6.07 Å². The van der Waals surface area contributed by atoms with Gasteiger partial charge in [-0.25, -0.2) is 0 Å². The Labute approximate surface area is 174 Å². The maximum atomic E-state index is 12.9. The van der Waals surface area contributed by atoms with Gasteiger partial charge in [-0.2, -0.15) is 18.4 Å². The number of hydrogen-bond acceptors (Lipinski definition) is 3. The van der Waals surface area contributed by atoms with E-state index >= 15 is 0 Å². The van der Waals surface area contributed by atoms with Gasteiger partial charge in [-0.1, -0.05) is 6.07 Å². The fourth-order valence-corrected chi connectivity index (χ4v) is 6.21. The van der Waals surface area contributed by atoms with Crippen LogP contribution in [0.3, 0.4) is 0 Å². The van der Waals surface area contributed by atoms with E-state index in [0.29, 0.717) is 0 Å². The van der Waals surface area contributed by atoms with Gasteiger partial charge in [0.2, 0.25) is 0 Å². The molecule has 1 unspecified atom stereocenters. The first-order valence-electron chi connectivity index (χ1n) is 10.5. The fourth-order valence-electron chi connectivity index (χ4n) is 6.21. The minimum absolute atomic E-state index is 0.00473. The van der Waals surface area contributed by atoms with E-state index in [1.54, 1.807) is 0 Å². The van der Waals surface area contributed by atoms with Crippen molar-refractivity contribution in [2.45, 2.75) is 57.7 Å². The lowest BCUT2D eigenvalue weighted by Crippen LogP contribution is -2.54. The van der Waals surface area contributed by atoms with Crippen LogP contribution in [0.15, 0.2) is 36.0 Å². The van der Waals surface area contributed by atoms with Crippen molar-refractivity contribution < 1.29 is 18.0 Å². The highest BCUT2D eigenvalue weighted by atomic mass is 19.4. The largest absolute Gasteiger partial charge is 0.416 e. The average molecular weight is 417 g/mol. The van der Waals surface area contributed by atoms with Gasteiger partial charge in [0.15, 0.2) is 0 Å². The van der Waals surface area contributed by atoms with E-state index in [2.05, 4.69) is 17.6 Å². The van der Waals surface area contributed by atoms with Crippen molar-refractivity contribution in [2.75, 3.05) is 5.32 Å². The van der Waals surface area contributed by atoms with Gasteiger partial charge in [0.25, 0.3) is 5.91 Å². The van der Waals surface area contributed by atoms with Gasteiger partial charge in [0, 0.05) is 17.9 Å². The zero-order chi connectivity index (χ0) is 21.5. The van der Waals surface area contributed by atoms with Crippen LogP contribution in [0, 0.1) is 34.5 Å². The zero-order valence-corrected chi connectivity index (χ0v) is 16.9. The van der Waals surface area contributed by atoms with Gasteiger partial charge in [0.05, 0.1) is 5.56 Å². The van der Waals surface area contributed by atoms with Gasteiger partial charge < -0.3 is 10.6 Å². The van der Waals surface area contributed by atoms with E-state index in [4.69, 9.17) is 0 Å². The maximum Gasteiger partial charge on any atom is 0.416 e. The molecular formula is C23H26F3N3O. The molecule has 4 bridgehead atoms. The summed E-state index contributed by atoms with van der Waals surface area (Å²) >= 11 is 0. The SMILES string of the molecule is CC(N/C=C(/C#N)C(=O)Nc1cccc(C(F)(F)F)c1)C12CC3CC(CC(C3)C1)C2. The summed E-state index contributed by atoms with van der Waals surface area (Å²) in [5, 5.41) is 15.1. The van der Waals surface area contributed by atoms with Crippen LogP contribution in [-0.4, -0.2) is 11.9 Å². The Balaban J connectivity index is 1.43. The topological polar surface area (TPSA) is 64.9 Å². The van der Waals surface area contributed by atoms with E-state index in [-0.39, 0.29) is 22.7 Å². The highest BCUT2D eigenvalue weighted by Crippen LogP contribution is 2.61. The van der Waals surface area contributed by atoms with Crippen LogP contribution in [0.2, 0.25) is 0 Å². The number of benzene rings is 1. The van der Waals surface area contributed by atoms with Gasteiger partial charge in [-0.3, -0.25) is 4.79 Å². The third kappa shape index (κ3) is 4.05. The number of amides is 1. The summed E-state index contributed by atoms with van der Waals surface area (Å²) in [5.74, 6) is 1.67. The second-order valence-corrected chi connectivity index (χ2v) is 9.37. The first-order chi connectivity index (χ1) is 14.2. The van der Waals surface area contributed by atoms with Crippen LogP contribution in [0.1, 0.15) is 51.0 Å². The van der Waals surface area contributed by atoms with Crippen LogP contribution >= 0.6 is 0 Å². The molecule has 160 valence electrons. The molecule has 4 fully saturated rings. The first kappa shape index (κ1) is 20.8. The molecule has 0 heterocycles. The molecule has 5 rings (SSSR count). The lowest BCUT2D eigenvalue weighted by atomic mass is 9.48. The van der Waals surface area contributed by atoms with Crippen LogP contribution in [0.4, 0.5) is 18.9 Å². The van der Waals surface area contributed by atoms with E-state index in [1.165, 1.54) is 56.9 Å². The zero-order valence-electron chi connectivity index (χ0n) is 16.9. The summed E-state index contributed by atoms with van der Waals surface area (Å²) in [6, 6.07) is 6.38. The normalized spacial score (nSPS) is 31.2. The van der Waals surface area contributed by atoms with Gasteiger partial charge in [-0.05, 0) is 86.8 Å². The molecule has 0 aliphatic heterocycles. The third-order valence-electron chi connectivity index (χ3n) is 7.29. The van der Waals surface area contributed by atoms with Crippen molar-refractivity contribution >= 4 is 11.6 Å². The molecule has 4 saturated carbocycles. The summed E-state index contributed by atoms with van der Waals surface area (Å²) in [7, 11) is 0. The smallest absolute Gasteiger partial charge is 0.387 e. The minimum Gasteiger partial charge on any atom is -0.387 e. The quantitative estimate of drug-likeness (QED) is 0.508. The second-order valence-electron chi connectivity index (χ2n) is 9.37. The van der Waals surface area contributed by atoms with Gasteiger partial charge >= 0.3 is 6.18 Å². The number of alkyl halides is 3. The van der Waals surface area contributed by atoms with Crippen molar-refractivity contribution in [3.8, 4) is 6.07 Å². The lowest BCUT2D eigenvalue weighted by molar-refractivity contribution is -0.137. The number of nitriles is 1. The summed E-state index contributed by atoms with van der Waals surface area (Å²) in [4.78, 5) is 12.4. The summed E-state index contributed by atoms with van der Waals surface area (Å²) in [6.45, 7) is 2.11. The van der Waals surface area contributed by atoms with Crippen LogP contribution < -0.4 is 10.6 Å². The Morgan fingerprint density at radius 1 is 1.20 bits per heavy atom. The Morgan fingerprint density at radius 2 is 1.80 bits per heavy atom. The molecule has 4 aliphatic rings. The van der Waals surface area contributed by atoms with Crippen molar-refractivity contribution in [3.63, 3.8) is 0 Å². The molecule has 7 heteroatoms. The molecule has 2 N–H and O–H groups in total. The van der Waals surface area contributed by atoms with E-state index in [9.17, 15) is 23.2 Å². The van der Waals surface area contributed by atoms with Crippen LogP contribution in [0.5, 0.6) is 0 Å². The Bertz CT molecular complexity index is 864. The van der Waals surface area contributed by atoms with Crippen molar-refractivity contribution in [1.29, 1.82) is 5.26 Å². The monoisotopic (exact) mass is 417 g/mol. The standard InChI is InChI=1S/C23H26F3N3O/c1-14(22-9-15-5-16(10-22)7-17(6-15)11-22)28-13-18(12-27)21(30)29-20-4-2-3-19(8-20)23(24,25)26/h2-4,8,13-17,28H,5-7,9-11H2,1H3,(H,29,30)/b18-13-. The fraction of sp³-hybridized carbons (Fsp3) is 0.565. The number of halogens is 3. The maximum absolute atomic E-state index is 12.9. The predicted octanol–water partition coefficient (Wildman–Crippen LogP) is 5.25. The molecule has 1 aromatic carbocycles. The van der Waals surface area contributed by atoms with E-state index < -0.39 is 17.6 Å². The number of nitrogens with one attached hydrogen (secondary N) is 2. The molecule has 1 amide bonds. The van der Waals surface area contributed by atoms with Crippen LogP contribution in [-0.2, 0) is 11.0 Å². The number of rotatable bonds is 5. The molecule has 30 heavy (non-hydrogen) atoms. The van der Waals surface area contributed by atoms with Crippen molar-refractivity contribution in [3.05, 3.63) is 41.6 Å². The van der Waals surface area contributed by atoms with Crippen LogP contribution in [0.25, 0.3) is 0 Å². The Kier molecular flexibility index (Phi) is 5.29. The molecule has 0 aromatic heterocycles. The minimum atomic E-state index is -4.50. The Morgan fingerprint density at radius 3 is 2.33 bits per heavy atom. The molecule has 4 aliphatic carbocycles. The van der Waals surface area contributed by atoms with Gasteiger partial charge in [0.1, 0.15) is 11.6 Å². The number of carbonyl (C=O) groups is 1. The first-order valence-corrected chi connectivity index (χ1v) is 10.5. The Hall–Kier alpha value is -2.49. The summed E-state index contributed by atoms with van der Waals surface area (Å²) in [5.41, 5.74) is -0.783. The van der Waals surface area contributed by atoms with Crippen molar-refractivity contribution in [1.82, 2.24) is 5.32 Å². The second kappa shape index (κ2) is 7.64. The molecule has 4 nitrogen and oxygen atoms in total.